The first-order valence-electron chi connectivity index (χ1n) is 13.3. The zero-order valence-electron chi connectivity index (χ0n) is 21.5. The second-order valence-electron chi connectivity index (χ2n) is 9.36. The van der Waals surface area contributed by atoms with Crippen LogP contribution in [-0.2, 0) is 0 Å². The van der Waals surface area contributed by atoms with Crippen LogP contribution < -0.4 is 4.74 Å². The molecule has 38 heavy (non-hydrogen) atoms. The maximum absolute atomic E-state index is 15.0. The lowest BCUT2D eigenvalue weighted by molar-refractivity contribution is 0.275. The molecule has 5 aromatic rings. The van der Waals surface area contributed by atoms with Crippen LogP contribution in [0.4, 0.5) is 8.78 Å². The van der Waals surface area contributed by atoms with Crippen molar-refractivity contribution in [3.8, 4) is 32.3 Å². The van der Waals surface area contributed by atoms with Crippen molar-refractivity contribution in [2.75, 3.05) is 6.61 Å². The molecule has 0 bridgehead atoms. The van der Waals surface area contributed by atoms with Crippen molar-refractivity contribution in [3.05, 3.63) is 70.9 Å². The summed E-state index contributed by atoms with van der Waals surface area (Å²) in [5.74, 6) is -1.84. The molecule has 2 aromatic carbocycles. The Hall–Kier alpha value is -3.10. The van der Waals surface area contributed by atoms with Gasteiger partial charge in [0.2, 0.25) is 0 Å². The minimum atomic E-state index is -0.752. The largest absolute Gasteiger partial charge is 0.488 e. The average Bonchev–Trinajstić information content (AvgIpc) is 3.70. The molecule has 0 aliphatic rings. The molecular formula is C30H31F2N3OS2. The fourth-order valence-corrected chi connectivity index (χ4v) is 6.09. The number of aromatic nitrogens is 3. The molecule has 4 nitrogen and oxygen atoms in total. The predicted octanol–water partition coefficient (Wildman–Crippen LogP) is 9.68. The van der Waals surface area contributed by atoms with Crippen LogP contribution in [0.1, 0.15) is 58.3 Å². The molecular weight excluding hydrogens is 520 g/mol. The van der Waals surface area contributed by atoms with Crippen LogP contribution in [-0.4, -0.2) is 21.6 Å². The number of fused-ring (bicyclic) bond motifs is 1. The number of benzene rings is 2. The molecule has 0 atom stereocenters. The number of nitrogens with zero attached hydrogens (tertiary/aromatic N) is 3. The van der Waals surface area contributed by atoms with Gasteiger partial charge in [-0.25, -0.2) is 8.78 Å². The molecule has 0 radical (unpaired) electrons. The molecule has 0 amide bonds. The van der Waals surface area contributed by atoms with Gasteiger partial charge in [-0.1, -0.05) is 76.1 Å². The maximum atomic E-state index is 15.0. The van der Waals surface area contributed by atoms with E-state index in [0.29, 0.717) is 17.6 Å². The monoisotopic (exact) mass is 551 g/mol. The number of halogens is 2. The third kappa shape index (κ3) is 5.97. The van der Waals surface area contributed by atoms with Crippen molar-refractivity contribution in [2.24, 2.45) is 0 Å². The van der Waals surface area contributed by atoms with Gasteiger partial charge in [0.1, 0.15) is 11.0 Å². The summed E-state index contributed by atoms with van der Waals surface area (Å²) in [6.45, 7) is 2.50. The number of ether oxygens (including phenoxy) is 1. The number of hydrogen-bond acceptors (Lipinski definition) is 5. The second-order valence-corrected chi connectivity index (χ2v) is 11.3. The Labute approximate surface area is 229 Å². The van der Waals surface area contributed by atoms with E-state index in [0.717, 1.165) is 40.1 Å². The van der Waals surface area contributed by atoms with E-state index >= 15 is 0 Å². The topological polar surface area (TPSA) is 39.9 Å². The van der Waals surface area contributed by atoms with E-state index in [9.17, 15) is 8.78 Å². The first-order chi connectivity index (χ1) is 18.7. The Morgan fingerprint density at radius 3 is 1.76 bits per heavy atom. The minimum absolute atomic E-state index is 0.213. The van der Waals surface area contributed by atoms with E-state index in [2.05, 4.69) is 17.1 Å². The fourth-order valence-electron chi connectivity index (χ4n) is 4.58. The van der Waals surface area contributed by atoms with Gasteiger partial charge in [-0.05, 0) is 29.3 Å². The Morgan fingerprint density at radius 1 is 0.737 bits per heavy atom. The van der Waals surface area contributed by atoms with Crippen LogP contribution in [0.2, 0.25) is 0 Å². The highest BCUT2D eigenvalue weighted by Crippen LogP contribution is 2.37. The minimum Gasteiger partial charge on any atom is -0.488 e. The zero-order valence-corrected chi connectivity index (χ0v) is 23.1. The number of hydrogen-bond donors (Lipinski definition) is 0. The molecule has 0 saturated heterocycles. The Bertz CT molecular complexity index is 1370. The van der Waals surface area contributed by atoms with Crippen molar-refractivity contribution >= 4 is 33.7 Å². The van der Waals surface area contributed by atoms with Crippen molar-refractivity contribution in [1.82, 2.24) is 15.0 Å². The third-order valence-corrected chi connectivity index (χ3v) is 8.38. The molecule has 0 unspecified atom stereocenters. The van der Waals surface area contributed by atoms with Crippen molar-refractivity contribution in [3.63, 3.8) is 0 Å². The molecule has 3 heterocycles. The smallest absolute Gasteiger partial charge is 0.190 e. The molecule has 0 N–H and O–H groups in total. The predicted molar refractivity (Wildman–Crippen MR) is 154 cm³/mol. The summed E-state index contributed by atoms with van der Waals surface area (Å²) in [6, 6.07) is 14.6. The molecule has 5 rings (SSSR count). The van der Waals surface area contributed by atoms with E-state index in [1.54, 1.807) is 22.7 Å². The van der Waals surface area contributed by atoms with Gasteiger partial charge in [-0.15, -0.1) is 32.9 Å². The lowest BCUT2D eigenvalue weighted by Crippen LogP contribution is -2.05. The van der Waals surface area contributed by atoms with Gasteiger partial charge in [-0.3, -0.25) is 0 Å². The van der Waals surface area contributed by atoms with Gasteiger partial charge in [0.25, 0.3) is 0 Å². The number of thiophene rings is 2. The lowest BCUT2D eigenvalue weighted by Gasteiger charge is -2.10. The third-order valence-electron chi connectivity index (χ3n) is 6.57. The Morgan fingerprint density at radius 2 is 1.26 bits per heavy atom. The van der Waals surface area contributed by atoms with Gasteiger partial charge in [0.15, 0.2) is 17.4 Å². The van der Waals surface area contributed by atoms with E-state index in [1.807, 2.05) is 47.2 Å². The summed E-state index contributed by atoms with van der Waals surface area (Å²) in [5.41, 5.74) is 3.47. The maximum Gasteiger partial charge on any atom is 0.190 e. The van der Waals surface area contributed by atoms with Crippen LogP contribution in [0.3, 0.4) is 0 Å². The standard InChI is InChI=1S/C30H31F2N3OS2/c1-2-3-4-5-6-7-8-9-16-36-30-24(31)19-21(20-25(30)32)35-33-28-22(26-12-10-17-37-26)14-15-23(29(28)34-35)27-13-11-18-38-27/h10-15,17-20H,2-9,16H2,1H3. The summed E-state index contributed by atoms with van der Waals surface area (Å²) < 4.78 is 35.5. The van der Waals surface area contributed by atoms with Gasteiger partial charge in [0.05, 0.1) is 12.3 Å². The summed E-state index contributed by atoms with van der Waals surface area (Å²) in [4.78, 5) is 3.43. The van der Waals surface area contributed by atoms with E-state index < -0.39 is 11.6 Å². The van der Waals surface area contributed by atoms with Crippen molar-refractivity contribution in [1.29, 1.82) is 0 Å². The molecule has 0 saturated carbocycles. The Balaban J connectivity index is 1.35. The quantitative estimate of drug-likeness (QED) is 0.137. The average molecular weight is 552 g/mol. The van der Waals surface area contributed by atoms with Crippen molar-refractivity contribution in [2.45, 2.75) is 58.3 Å². The summed E-state index contributed by atoms with van der Waals surface area (Å²) >= 11 is 3.22. The summed E-state index contributed by atoms with van der Waals surface area (Å²) in [7, 11) is 0. The van der Waals surface area contributed by atoms with Gasteiger partial charge < -0.3 is 4.74 Å². The van der Waals surface area contributed by atoms with Gasteiger partial charge in [0, 0.05) is 33.0 Å². The highest BCUT2D eigenvalue weighted by molar-refractivity contribution is 7.14. The number of rotatable bonds is 13. The molecule has 0 aliphatic carbocycles. The first-order valence-corrected chi connectivity index (χ1v) is 15.0. The zero-order chi connectivity index (χ0) is 26.3. The first kappa shape index (κ1) is 26.5. The van der Waals surface area contributed by atoms with Crippen LogP contribution in [0, 0.1) is 11.6 Å². The molecule has 0 fully saturated rings. The highest BCUT2D eigenvalue weighted by atomic mass is 32.1. The molecule has 8 heteroatoms. The van der Waals surface area contributed by atoms with E-state index in [4.69, 9.17) is 4.74 Å². The normalized spacial score (nSPS) is 11.4. The molecule has 3 aromatic heterocycles. The lowest BCUT2D eigenvalue weighted by atomic mass is 10.1. The molecule has 0 spiro atoms. The van der Waals surface area contributed by atoms with Crippen LogP contribution in [0.15, 0.2) is 59.3 Å². The number of unbranched alkanes of at least 4 members (excludes halogenated alkanes) is 7. The Kier molecular flexibility index (Phi) is 8.81. The highest BCUT2D eigenvalue weighted by Gasteiger charge is 2.19. The molecule has 0 aliphatic heterocycles. The summed E-state index contributed by atoms with van der Waals surface area (Å²) in [5, 5.41) is 13.4. The van der Waals surface area contributed by atoms with E-state index in [-0.39, 0.29) is 11.4 Å². The van der Waals surface area contributed by atoms with Crippen molar-refractivity contribution < 1.29 is 13.5 Å². The second kappa shape index (κ2) is 12.6. The van der Waals surface area contributed by atoms with Gasteiger partial charge >= 0.3 is 0 Å². The fraction of sp³-hybridized carbons (Fsp3) is 0.333. The SMILES string of the molecule is CCCCCCCCCCOc1c(F)cc(-n2nc3c(-c4cccs4)ccc(-c4cccs4)c3n2)cc1F. The van der Waals surface area contributed by atoms with Crippen LogP contribution >= 0.6 is 22.7 Å². The molecule has 198 valence electrons. The van der Waals surface area contributed by atoms with Gasteiger partial charge in [-0.2, -0.15) is 4.80 Å². The van der Waals surface area contributed by atoms with E-state index in [1.165, 1.54) is 49.0 Å². The summed E-state index contributed by atoms with van der Waals surface area (Å²) in [6.07, 6.45) is 9.15. The van der Waals surface area contributed by atoms with Crippen LogP contribution in [0.5, 0.6) is 5.75 Å². The van der Waals surface area contributed by atoms with Crippen LogP contribution in [0.25, 0.3) is 37.6 Å².